The Bertz CT molecular complexity index is 731. The second-order valence-electron chi connectivity index (χ2n) is 8.40. The van der Waals surface area contributed by atoms with Gasteiger partial charge in [0, 0.05) is 32.2 Å². The van der Waals surface area contributed by atoms with E-state index >= 15 is 0 Å². The van der Waals surface area contributed by atoms with Crippen molar-refractivity contribution in [3.63, 3.8) is 0 Å². The lowest BCUT2D eigenvalue weighted by Gasteiger charge is -2.35. The second kappa shape index (κ2) is 9.13. The third-order valence-electron chi connectivity index (χ3n) is 6.10. The number of rotatable bonds is 6. The molecule has 29 heavy (non-hydrogen) atoms. The first-order chi connectivity index (χ1) is 14.1. The number of carbonyl (C=O) groups excluding carboxylic acids is 2. The number of morpholine rings is 1. The van der Waals surface area contributed by atoms with Gasteiger partial charge in [-0.1, -0.05) is 29.8 Å². The highest BCUT2D eigenvalue weighted by molar-refractivity contribution is 5.88. The van der Waals surface area contributed by atoms with Crippen molar-refractivity contribution in [2.75, 3.05) is 39.4 Å². The molecule has 3 amide bonds. The normalized spacial score (nSPS) is 23.6. The molecule has 0 radical (unpaired) electrons. The quantitative estimate of drug-likeness (QED) is 0.764. The number of hydrogen-bond donors (Lipinski definition) is 2. The van der Waals surface area contributed by atoms with Gasteiger partial charge in [0.25, 0.3) is 0 Å². The first kappa shape index (κ1) is 20.2. The van der Waals surface area contributed by atoms with E-state index in [1.807, 2.05) is 0 Å². The van der Waals surface area contributed by atoms with Crippen LogP contribution in [0.5, 0.6) is 0 Å². The Kier molecular flexibility index (Phi) is 6.35. The number of nitrogens with one attached hydrogen (secondary N) is 2. The van der Waals surface area contributed by atoms with Crippen LogP contribution in [-0.4, -0.2) is 73.2 Å². The fraction of sp³-hybridized carbons (Fsp3) is 0.636. The molecule has 2 unspecified atom stereocenters. The zero-order valence-electron chi connectivity index (χ0n) is 17.2. The van der Waals surface area contributed by atoms with Gasteiger partial charge in [0.15, 0.2) is 0 Å². The molecule has 7 heteroatoms. The van der Waals surface area contributed by atoms with Crippen LogP contribution >= 0.6 is 0 Å². The van der Waals surface area contributed by atoms with Crippen LogP contribution in [0.4, 0.5) is 4.79 Å². The summed E-state index contributed by atoms with van der Waals surface area (Å²) in [6.45, 7) is 6.38. The summed E-state index contributed by atoms with van der Waals surface area (Å²) in [4.78, 5) is 29.5. The topological polar surface area (TPSA) is 73.9 Å². The lowest BCUT2D eigenvalue weighted by Crippen LogP contribution is -2.51. The van der Waals surface area contributed by atoms with Gasteiger partial charge in [0.1, 0.15) is 6.04 Å². The zero-order valence-corrected chi connectivity index (χ0v) is 17.2. The minimum Gasteiger partial charge on any atom is -0.379 e. The van der Waals surface area contributed by atoms with Crippen LogP contribution in [0.1, 0.15) is 42.9 Å². The van der Waals surface area contributed by atoms with Crippen LogP contribution in [0.15, 0.2) is 24.3 Å². The average molecular weight is 401 g/mol. The Balaban J connectivity index is 1.40. The molecule has 0 aromatic heterocycles. The van der Waals surface area contributed by atoms with Gasteiger partial charge in [-0.2, -0.15) is 0 Å². The van der Waals surface area contributed by atoms with Gasteiger partial charge in [-0.25, -0.2) is 4.79 Å². The van der Waals surface area contributed by atoms with E-state index in [2.05, 4.69) is 46.7 Å². The second-order valence-corrected chi connectivity index (χ2v) is 8.40. The molecule has 3 aliphatic rings. The van der Waals surface area contributed by atoms with E-state index in [-0.39, 0.29) is 24.0 Å². The molecule has 3 fully saturated rings. The van der Waals surface area contributed by atoms with Crippen molar-refractivity contribution >= 4 is 11.9 Å². The number of urea groups is 1. The van der Waals surface area contributed by atoms with E-state index < -0.39 is 0 Å². The molecule has 1 aromatic rings. The van der Waals surface area contributed by atoms with E-state index in [0.29, 0.717) is 32.3 Å². The van der Waals surface area contributed by atoms with Crippen molar-refractivity contribution in [3.8, 4) is 0 Å². The van der Waals surface area contributed by atoms with E-state index in [0.717, 1.165) is 38.8 Å². The monoisotopic (exact) mass is 400 g/mol. The predicted molar refractivity (Wildman–Crippen MR) is 111 cm³/mol. The summed E-state index contributed by atoms with van der Waals surface area (Å²) in [6.07, 6.45) is 3.74. The third kappa shape index (κ3) is 5.08. The predicted octanol–water partition coefficient (Wildman–Crippen LogP) is 1.82. The summed E-state index contributed by atoms with van der Waals surface area (Å²) in [5.74, 6) is 0.00330. The number of hydrogen-bond acceptors (Lipinski definition) is 4. The number of ether oxygens (including phenoxy) is 1. The zero-order chi connectivity index (χ0) is 20.2. The van der Waals surface area contributed by atoms with E-state index in [1.54, 1.807) is 4.90 Å². The van der Waals surface area contributed by atoms with E-state index in [9.17, 15) is 9.59 Å². The molecule has 2 saturated heterocycles. The highest BCUT2D eigenvalue weighted by atomic mass is 16.5. The maximum atomic E-state index is 12.9. The van der Waals surface area contributed by atoms with Crippen molar-refractivity contribution in [2.24, 2.45) is 0 Å². The standard InChI is InChI=1S/C22H32N4O3/c1-16-4-2-5-17(14-16)20(25-10-12-29-13-11-25)15-23-22(28)26-9-3-6-19(26)21(27)24-18-7-8-18/h2,4-5,14,18-20H,3,6-13,15H2,1H3,(H,23,28)(H,24,27). The Labute approximate surface area is 172 Å². The van der Waals surface area contributed by atoms with Crippen LogP contribution in [0.3, 0.4) is 0 Å². The summed E-state index contributed by atoms with van der Waals surface area (Å²) in [5.41, 5.74) is 2.42. The van der Waals surface area contributed by atoms with Crippen molar-refractivity contribution in [1.29, 1.82) is 0 Å². The molecule has 1 aromatic carbocycles. The van der Waals surface area contributed by atoms with Gasteiger partial charge in [-0.15, -0.1) is 0 Å². The van der Waals surface area contributed by atoms with E-state index in [4.69, 9.17) is 4.74 Å². The minimum absolute atomic E-state index is 0.00330. The molecule has 2 N–H and O–H groups in total. The van der Waals surface area contributed by atoms with Gasteiger partial charge in [-0.3, -0.25) is 9.69 Å². The Morgan fingerprint density at radius 2 is 1.97 bits per heavy atom. The summed E-state index contributed by atoms with van der Waals surface area (Å²) in [7, 11) is 0. The Morgan fingerprint density at radius 3 is 2.69 bits per heavy atom. The average Bonchev–Trinajstić information content (AvgIpc) is 3.40. The van der Waals surface area contributed by atoms with Crippen LogP contribution in [0.25, 0.3) is 0 Å². The maximum absolute atomic E-state index is 12.9. The van der Waals surface area contributed by atoms with Crippen LogP contribution in [0, 0.1) is 6.92 Å². The van der Waals surface area contributed by atoms with Crippen molar-refractivity contribution in [3.05, 3.63) is 35.4 Å². The molecule has 0 spiro atoms. The van der Waals surface area contributed by atoms with Crippen LogP contribution in [0.2, 0.25) is 0 Å². The summed E-state index contributed by atoms with van der Waals surface area (Å²) >= 11 is 0. The molecule has 0 bridgehead atoms. The molecule has 2 heterocycles. The Hall–Kier alpha value is -2.12. The molecule has 4 rings (SSSR count). The summed E-state index contributed by atoms with van der Waals surface area (Å²) in [6, 6.07) is 8.42. The largest absolute Gasteiger partial charge is 0.379 e. The van der Waals surface area contributed by atoms with Gasteiger partial charge >= 0.3 is 6.03 Å². The molecular weight excluding hydrogens is 368 g/mol. The fourth-order valence-corrected chi connectivity index (χ4v) is 4.32. The van der Waals surface area contributed by atoms with Gasteiger partial charge < -0.3 is 20.3 Å². The lowest BCUT2D eigenvalue weighted by atomic mass is 10.0. The molecule has 1 aliphatic carbocycles. The number of likely N-dealkylation sites (tertiary alicyclic amines) is 1. The number of benzene rings is 1. The van der Waals surface area contributed by atoms with Crippen molar-refractivity contribution in [1.82, 2.24) is 20.4 Å². The van der Waals surface area contributed by atoms with Crippen LogP contribution < -0.4 is 10.6 Å². The molecule has 1 saturated carbocycles. The van der Waals surface area contributed by atoms with Gasteiger partial charge in [0.2, 0.25) is 5.91 Å². The molecule has 7 nitrogen and oxygen atoms in total. The molecule has 2 aliphatic heterocycles. The van der Waals surface area contributed by atoms with Crippen molar-refractivity contribution < 1.29 is 14.3 Å². The number of carbonyl (C=O) groups is 2. The van der Waals surface area contributed by atoms with Crippen LogP contribution in [-0.2, 0) is 9.53 Å². The molecular formula is C22H32N4O3. The van der Waals surface area contributed by atoms with E-state index in [1.165, 1.54) is 11.1 Å². The molecule has 158 valence electrons. The SMILES string of the molecule is Cc1cccc(C(CNC(=O)N2CCCC2C(=O)NC2CC2)N2CCOCC2)c1. The summed E-state index contributed by atoms with van der Waals surface area (Å²) < 4.78 is 5.51. The van der Waals surface area contributed by atoms with Gasteiger partial charge in [-0.05, 0) is 38.2 Å². The minimum atomic E-state index is -0.337. The first-order valence-corrected chi connectivity index (χ1v) is 10.8. The Morgan fingerprint density at radius 1 is 1.17 bits per heavy atom. The first-order valence-electron chi connectivity index (χ1n) is 10.8. The third-order valence-corrected chi connectivity index (χ3v) is 6.10. The fourth-order valence-electron chi connectivity index (χ4n) is 4.32. The maximum Gasteiger partial charge on any atom is 0.318 e. The number of aryl methyl sites for hydroxylation is 1. The highest BCUT2D eigenvalue weighted by Crippen LogP contribution is 2.24. The smallest absolute Gasteiger partial charge is 0.318 e. The van der Waals surface area contributed by atoms with Gasteiger partial charge in [0.05, 0.1) is 19.3 Å². The number of amides is 3. The summed E-state index contributed by atoms with van der Waals surface area (Å²) in [5, 5.41) is 6.16. The van der Waals surface area contributed by atoms with Crippen molar-refractivity contribution in [2.45, 2.75) is 50.7 Å². The highest BCUT2D eigenvalue weighted by Gasteiger charge is 2.36. The lowest BCUT2D eigenvalue weighted by molar-refractivity contribution is -0.124. The number of nitrogens with zero attached hydrogens (tertiary/aromatic N) is 2. The molecule has 2 atom stereocenters.